The Labute approximate surface area is 194 Å². The molecule has 0 bridgehead atoms. The zero-order valence-corrected chi connectivity index (χ0v) is 19.1. The molecule has 0 aliphatic rings. The van der Waals surface area contributed by atoms with Crippen LogP contribution in [-0.4, -0.2) is 35.0 Å². The standard InChI is InChI=1S/C26H27N3O4/c1-7-19-13-15-20(16-14-19)23(24(31)28-21-12-10-9-11-18(21)3)29(8-2)22(30)17-27-25(32)33-26(4,5)6/h1-2,9-16,23H,17H2,3-6H3,(H,27,32)(H,28,31). The van der Waals surface area contributed by atoms with Crippen LogP contribution < -0.4 is 10.6 Å². The molecule has 0 saturated carbocycles. The number of rotatable bonds is 6. The third kappa shape index (κ3) is 7.15. The third-order valence-electron chi connectivity index (χ3n) is 4.49. The van der Waals surface area contributed by atoms with Crippen LogP contribution in [0.15, 0.2) is 48.5 Å². The number of carbonyl (C=O) groups is 3. The third-order valence-corrected chi connectivity index (χ3v) is 4.49. The van der Waals surface area contributed by atoms with E-state index < -0.39 is 36.1 Å². The number of aryl methyl sites for hydroxylation is 1. The molecule has 0 aliphatic heterocycles. The van der Waals surface area contributed by atoms with Crippen molar-refractivity contribution < 1.29 is 19.1 Å². The van der Waals surface area contributed by atoms with Crippen molar-refractivity contribution in [1.29, 1.82) is 0 Å². The molecule has 2 aromatic rings. The van der Waals surface area contributed by atoms with Crippen LogP contribution >= 0.6 is 0 Å². The lowest BCUT2D eigenvalue weighted by Crippen LogP contribution is -2.44. The molecule has 0 aromatic heterocycles. The number of nitrogens with one attached hydrogen (secondary N) is 2. The maximum atomic E-state index is 13.3. The number of ether oxygens (including phenoxy) is 1. The van der Waals surface area contributed by atoms with Crippen molar-refractivity contribution in [1.82, 2.24) is 10.2 Å². The first-order valence-corrected chi connectivity index (χ1v) is 10.2. The summed E-state index contributed by atoms with van der Waals surface area (Å²) in [6.45, 7) is 6.51. The van der Waals surface area contributed by atoms with E-state index in [4.69, 9.17) is 17.6 Å². The van der Waals surface area contributed by atoms with Gasteiger partial charge >= 0.3 is 6.09 Å². The molecule has 3 amide bonds. The lowest BCUT2D eigenvalue weighted by Gasteiger charge is -2.27. The fraction of sp³-hybridized carbons (Fsp3) is 0.269. The predicted octanol–water partition coefficient (Wildman–Crippen LogP) is 3.60. The summed E-state index contributed by atoms with van der Waals surface area (Å²) in [4.78, 5) is 39.1. The molecule has 0 spiro atoms. The van der Waals surface area contributed by atoms with Crippen molar-refractivity contribution in [2.45, 2.75) is 39.3 Å². The summed E-state index contributed by atoms with van der Waals surface area (Å²) in [6.07, 6.45) is 10.3. The summed E-state index contributed by atoms with van der Waals surface area (Å²) < 4.78 is 5.14. The van der Waals surface area contributed by atoms with Gasteiger partial charge in [0.05, 0.1) is 0 Å². The van der Waals surface area contributed by atoms with Crippen LogP contribution in [0.4, 0.5) is 10.5 Å². The van der Waals surface area contributed by atoms with Crippen LogP contribution in [-0.2, 0) is 14.3 Å². The second-order valence-corrected chi connectivity index (χ2v) is 8.22. The Morgan fingerprint density at radius 3 is 2.24 bits per heavy atom. The van der Waals surface area contributed by atoms with Gasteiger partial charge in [0.15, 0.2) is 0 Å². The quantitative estimate of drug-likeness (QED) is 0.525. The number of carbonyl (C=O) groups excluding carboxylic acids is 3. The summed E-state index contributed by atoms with van der Waals surface area (Å²) in [5.74, 6) is 1.33. The van der Waals surface area contributed by atoms with Gasteiger partial charge < -0.3 is 15.4 Å². The minimum Gasteiger partial charge on any atom is -0.444 e. The molecule has 7 nitrogen and oxygen atoms in total. The van der Waals surface area contributed by atoms with Crippen LogP contribution in [0, 0.1) is 31.7 Å². The fourth-order valence-electron chi connectivity index (χ4n) is 2.93. The van der Waals surface area contributed by atoms with Crippen LogP contribution in [0.2, 0.25) is 0 Å². The summed E-state index contributed by atoms with van der Waals surface area (Å²) in [7, 11) is 0. The van der Waals surface area contributed by atoms with Gasteiger partial charge in [-0.25, -0.2) is 4.79 Å². The Bertz CT molecular complexity index is 1100. The highest BCUT2D eigenvalue weighted by Gasteiger charge is 2.31. The largest absolute Gasteiger partial charge is 0.444 e. The Morgan fingerprint density at radius 2 is 1.70 bits per heavy atom. The molecule has 2 rings (SSSR count). The summed E-state index contributed by atoms with van der Waals surface area (Å²) in [5, 5.41) is 5.19. The molecule has 33 heavy (non-hydrogen) atoms. The number of amides is 3. The normalized spacial score (nSPS) is 11.3. The Morgan fingerprint density at radius 1 is 1.06 bits per heavy atom. The van der Waals surface area contributed by atoms with Crippen LogP contribution in [0.3, 0.4) is 0 Å². The summed E-state index contributed by atoms with van der Waals surface area (Å²) in [5.41, 5.74) is 1.78. The molecule has 0 heterocycles. The number of para-hydroxylation sites is 1. The number of hydrogen-bond acceptors (Lipinski definition) is 4. The molecule has 0 fully saturated rings. The van der Waals surface area contributed by atoms with Gasteiger partial charge in [-0.15, -0.1) is 6.42 Å². The van der Waals surface area contributed by atoms with Gasteiger partial charge in [0, 0.05) is 17.3 Å². The second-order valence-electron chi connectivity index (χ2n) is 8.22. The number of hydrogen-bond donors (Lipinski definition) is 2. The van der Waals surface area contributed by atoms with Crippen LogP contribution in [0.5, 0.6) is 0 Å². The highest BCUT2D eigenvalue weighted by molar-refractivity contribution is 5.99. The fourth-order valence-corrected chi connectivity index (χ4v) is 2.93. The van der Waals surface area contributed by atoms with Crippen molar-refractivity contribution in [2.75, 3.05) is 11.9 Å². The Kier molecular flexibility index (Phi) is 8.25. The number of terminal acetylenes is 2. The highest BCUT2D eigenvalue weighted by atomic mass is 16.6. The first-order chi connectivity index (χ1) is 15.6. The number of anilines is 1. The number of alkyl carbamates (subject to hydrolysis) is 1. The lowest BCUT2D eigenvalue weighted by molar-refractivity contribution is -0.134. The van der Waals surface area contributed by atoms with E-state index >= 15 is 0 Å². The van der Waals surface area contributed by atoms with Gasteiger partial charge in [0.1, 0.15) is 18.2 Å². The highest BCUT2D eigenvalue weighted by Crippen LogP contribution is 2.24. The number of nitrogens with zero attached hydrogens (tertiary/aromatic N) is 1. The van der Waals surface area contributed by atoms with Gasteiger partial charge in [0.2, 0.25) is 0 Å². The second kappa shape index (κ2) is 10.9. The van der Waals surface area contributed by atoms with E-state index in [0.29, 0.717) is 16.8 Å². The zero-order chi connectivity index (χ0) is 24.6. The van der Waals surface area contributed by atoms with Crippen molar-refractivity contribution >= 4 is 23.6 Å². The monoisotopic (exact) mass is 445 g/mol. The van der Waals surface area contributed by atoms with Gasteiger partial charge in [-0.1, -0.05) is 42.7 Å². The van der Waals surface area contributed by atoms with Crippen molar-refractivity contribution in [3.63, 3.8) is 0 Å². The average Bonchev–Trinajstić information content (AvgIpc) is 2.76. The average molecular weight is 446 g/mol. The zero-order valence-electron chi connectivity index (χ0n) is 19.1. The van der Waals surface area contributed by atoms with Crippen molar-refractivity contribution in [3.05, 3.63) is 65.2 Å². The SMILES string of the molecule is C#Cc1ccc(C(C(=O)Nc2ccccc2C)N(C#C)C(=O)CNC(=O)OC(C)(C)C)cc1. The summed E-state index contributed by atoms with van der Waals surface area (Å²) >= 11 is 0. The molecule has 1 unspecified atom stereocenters. The molecule has 0 saturated heterocycles. The van der Waals surface area contributed by atoms with E-state index in [1.54, 1.807) is 57.2 Å². The number of benzene rings is 2. The van der Waals surface area contributed by atoms with Gasteiger partial charge in [-0.3, -0.25) is 14.5 Å². The van der Waals surface area contributed by atoms with Crippen LogP contribution in [0.25, 0.3) is 0 Å². The van der Waals surface area contributed by atoms with E-state index in [0.717, 1.165) is 10.5 Å². The molecule has 1 atom stereocenters. The molecule has 2 aromatic carbocycles. The van der Waals surface area contributed by atoms with E-state index in [9.17, 15) is 14.4 Å². The van der Waals surface area contributed by atoms with Crippen molar-refractivity contribution in [3.8, 4) is 24.8 Å². The molecule has 0 radical (unpaired) electrons. The van der Waals surface area contributed by atoms with Gasteiger partial charge in [-0.05, 0) is 57.0 Å². The Hall–Kier alpha value is -4.23. The Balaban J connectivity index is 2.31. The van der Waals surface area contributed by atoms with E-state index in [2.05, 4.69) is 22.6 Å². The summed E-state index contributed by atoms with van der Waals surface area (Å²) in [6, 6.07) is 14.9. The lowest BCUT2D eigenvalue weighted by atomic mass is 10.0. The molecule has 7 heteroatoms. The molecular formula is C26H27N3O4. The van der Waals surface area contributed by atoms with Gasteiger partial charge in [-0.2, -0.15) is 0 Å². The molecule has 170 valence electrons. The van der Waals surface area contributed by atoms with Crippen molar-refractivity contribution in [2.24, 2.45) is 0 Å². The first kappa shape index (κ1) is 25.0. The minimum absolute atomic E-state index is 0.449. The minimum atomic E-state index is -1.16. The van der Waals surface area contributed by atoms with E-state index in [1.807, 2.05) is 19.1 Å². The van der Waals surface area contributed by atoms with E-state index in [-0.39, 0.29) is 0 Å². The maximum absolute atomic E-state index is 13.3. The molecular weight excluding hydrogens is 418 g/mol. The predicted molar refractivity (Wildman–Crippen MR) is 127 cm³/mol. The molecule has 0 aliphatic carbocycles. The van der Waals surface area contributed by atoms with Gasteiger partial charge in [0.25, 0.3) is 11.8 Å². The molecule has 2 N–H and O–H groups in total. The van der Waals surface area contributed by atoms with Crippen LogP contribution in [0.1, 0.15) is 43.5 Å². The maximum Gasteiger partial charge on any atom is 0.408 e. The first-order valence-electron chi connectivity index (χ1n) is 10.2. The smallest absolute Gasteiger partial charge is 0.408 e. The van der Waals surface area contributed by atoms with E-state index in [1.165, 1.54) is 0 Å². The topological polar surface area (TPSA) is 87.7 Å².